The Kier molecular flexibility index (Phi) is 10.3. The predicted octanol–water partition coefficient (Wildman–Crippen LogP) is 3.23. The molecule has 3 rings (SSSR count). The summed E-state index contributed by atoms with van der Waals surface area (Å²) < 4.78 is 0. The van der Waals surface area contributed by atoms with Crippen molar-refractivity contribution >= 4 is 35.8 Å². The minimum Gasteiger partial charge on any atom is -0.357 e. The molecule has 2 aliphatic rings. The van der Waals surface area contributed by atoms with E-state index in [0.29, 0.717) is 0 Å². The van der Waals surface area contributed by atoms with Crippen LogP contribution in [-0.4, -0.2) is 61.7 Å². The van der Waals surface area contributed by atoms with Gasteiger partial charge in [-0.3, -0.25) is 4.99 Å². The van der Waals surface area contributed by atoms with Gasteiger partial charge in [-0.1, -0.05) is 12.5 Å². The molecule has 0 saturated carbocycles. The van der Waals surface area contributed by atoms with Gasteiger partial charge in [0.15, 0.2) is 5.96 Å². The van der Waals surface area contributed by atoms with Crippen molar-refractivity contribution < 1.29 is 0 Å². The molecular weight excluding hydrogens is 463 g/mol. The minimum absolute atomic E-state index is 0. The first-order valence-corrected chi connectivity index (χ1v) is 10.6. The molecule has 1 atom stereocenters. The Hall–Kier alpha value is -1.09. The zero-order valence-corrected chi connectivity index (χ0v) is 19.8. The van der Waals surface area contributed by atoms with Crippen LogP contribution in [0.5, 0.6) is 0 Å². The van der Waals surface area contributed by atoms with Crippen molar-refractivity contribution in [3.63, 3.8) is 0 Å². The van der Waals surface area contributed by atoms with Gasteiger partial charge in [-0.05, 0) is 57.2 Å². The first-order chi connectivity index (χ1) is 13.3. The van der Waals surface area contributed by atoms with Gasteiger partial charge in [0, 0.05) is 52.0 Å². The van der Waals surface area contributed by atoms with Gasteiger partial charge < -0.3 is 20.4 Å². The fourth-order valence-electron chi connectivity index (χ4n) is 4.04. The van der Waals surface area contributed by atoms with Crippen molar-refractivity contribution in [3.8, 4) is 0 Å². The second-order valence-electron chi connectivity index (χ2n) is 7.81. The van der Waals surface area contributed by atoms with Gasteiger partial charge >= 0.3 is 0 Å². The molecule has 2 N–H and O–H groups in total. The van der Waals surface area contributed by atoms with Crippen LogP contribution in [0.3, 0.4) is 0 Å². The molecule has 0 bridgehead atoms. The molecule has 2 saturated heterocycles. The number of halogens is 1. The summed E-state index contributed by atoms with van der Waals surface area (Å²) in [5, 5.41) is 6.83. The van der Waals surface area contributed by atoms with Crippen LogP contribution in [0.2, 0.25) is 0 Å². The fraction of sp³-hybridized carbons (Fsp3) is 0.714. The van der Waals surface area contributed by atoms with E-state index in [-0.39, 0.29) is 24.0 Å². The molecule has 0 amide bonds. The van der Waals surface area contributed by atoms with Crippen LogP contribution in [0, 0.1) is 0 Å². The largest absolute Gasteiger partial charge is 0.357 e. The summed E-state index contributed by atoms with van der Waals surface area (Å²) in [6.07, 6.45) is 9.78. The highest BCUT2D eigenvalue weighted by molar-refractivity contribution is 14.0. The van der Waals surface area contributed by atoms with Gasteiger partial charge in [-0.15, -0.1) is 24.0 Å². The summed E-state index contributed by atoms with van der Waals surface area (Å²) >= 11 is 0. The van der Waals surface area contributed by atoms with Crippen molar-refractivity contribution in [1.82, 2.24) is 20.5 Å². The van der Waals surface area contributed by atoms with E-state index in [2.05, 4.69) is 49.5 Å². The van der Waals surface area contributed by atoms with Crippen LogP contribution in [0.1, 0.15) is 51.0 Å². The monoisotopic (exact) mass is 500 g/mol. The van der Waals surface area contributed by atoms with E-state index in [1.807, 2.05) is 13.2 Å². The number of rotatable bonds is 7. The van der Waals surface area contributed by atoms with E-state index in [9.17, 15) is 0 Å². The number of nitrogens with one attached hydrogen (secondary N) is 2. The number of aromatic nitrogens is 1. The standard InChI is InChI=1S/C21H36N6.HI/c1-18-8-3-4-12-26(18)15-7-11-23-21(22-2)25-17-19-9-10-20(24-16-19)27-13-5-6-14-27;/h9-10,16,18H,3-8,11-15,17H2,1-2H3,(H2,22,23,25);1H. The summed E-state index contributed by atoms with van der Waals surface area (Å²) in [5.74, 6) is 1.97. The van der Waals surface area contributed by atoms with Crippen molar-refractivity contribution in [2.24, 2.45) is 4.99 Å². The molecule has 2 aliphatic heterocycles. The third-order valence-electron chi connectivity index (χ3n) is 5.78. The van der Waals surface area contributed by atoms with Gasteiger partial charge in [0.2, 0.25) is 0 Å². The van der Waals surface area contributed by atoms with Crippen molar-refractivity contribution in [1.29, 1.82) is 0 Å². The lowest BCUT2D eigenvalue weighted by Gasteiger charge is -2.33. The maximum atomic E-state index is 4.62. The third kappa shape index (κ3) is 7.06. The van der Waals surface area contributed by atoms with E-state index in [1.54, 1.807) is 0 Å². The van der Waals surface area contributed by atoms with E-state index >= 15 is 0 Å². The second-order valence-corrected chi connectivity index (χ2v) is 7.81. The zero-order chi connectivity index (χ0) is 18.9. The molecule has 0 aliphatic carbocycles. The van der Waals surface area contributed by atoms with E-state index < -0.39 is 0 Å². The smallest absolute Gasteiger partial charge is 0.191 e. The summed E-state index contributed by atoms with van der Waals surface area (Å²) in [5.41, 5.74) is 1.18. The SMILES string of the molecule is CN=C(NCCCN1CCCCC1C)NCc1ccc(N2CCCC2)nc1.I. The van der Waals surface area contributed by atoms with Crippen molar-refractivity contribution in [2.45, 2.75) is 58.0 Å². The zero-order valence-electron chi connectivity index (χ0n) is 17.5. The molecule has 0 aromatic carbocycles. The van der Waals surface area contributed by atoms with Crippen LogP contribution < -0.4 is 15.5 Å². The van der Waals surface area contributed by atoms with E-state index in [0.717, 1.165) is 50.4 Å². The molecule has 28 heavy (non-hydrogen) atoms. The van der Waals surface area contributed by atoms with Gasteiger partial charge in [-0.2, -0.15) is 0 Å². The number of pyridine rings is 1. The lowest BCUT2D eigenvalue weighted by atomic mass is 10.0. The number of nitrogens with zero attached hydrogens (tertiary/aromatic N) is 4. The highest BCUT2D eigenvalue weighted by Gasteiger charge is 2.17. The molecule has 7 heteroatoms. The molecule has 0 radical (unpaired) electrons. The molecule has 1 aromatic heterocycles. The number of piperidine rings is 1. The molecule has 1 aromatic rings. The fourth-order valence-corrected chi connectivity index (χ4v) is 4.04. The van der Waals surface area contributed by atoms with E-state index in [1.165, 1.54) is 50.8 Å². The highest BCUT2D eigenvalue weighted by atomic mass is 127. The molecule has 158 valence electrons. The van der Waals surface area contributed by atoms with Crippen LogP contribution in [-0.2, 0) is 6.54 Å². The van der Waals surface area contributed by atoms with Crippen molar-refractivity contribution in [2.75, 3.05) is 44.7 Å². The Labute approximate surface area is 187 Å². The maximum absolute atomic E-state index is 4.62. The molecule has 2 fully saturated rings. The lowest BCUT2D eigenvalue weighted by molar-refractivity contribution is 0.159. The number of anilines is 1. The molecule has 1 unspecified atom stereocenters. The quantitative estimate of drug-likeness (QED) is 0.261. The van der Waals surface area contributed by atoms with Gasteiger partial charge in [0.1, 0.15) is 5.82 Å². The Morgan fingerprint density at radius 3 is 2.61 bits per heavy atom. The van der Waals surface area contributed by atoms with E-state index in [4.69, 9.17) is 0 Å². The molecule has 3 heterocycles. The number of hydrogen-bond acceptors (Lipinski definition) is 4. The summed E-state index contributed by atoms with van der Waals surface area (Å²) in [7, 11) is 1.83. The summed E-state index contributed by atoms with van der Waals surface area (Å²) in [6.45, 7) is 8.76. The Bertz CT molecular complexity index is 585. The topological polar surface area (TPSA) is 55.8 Å². The minimum atomic E-state index is 0. The van der Waals surface area contributed by atoms with Gasteiger partial charge in [-0.25, -0.2) is 4.98 Å². The average Bonchev–Trinajstić information content (AvgIpc) is 3.24. The van der Waals surface area contributed by atoms with Crippen LogP contribution in [0.15, 0.2) is 23.3 Å². The summed E-state index contributed by atoms with van der Waals surface area (Å²) in [4.78, 5) is 13.9. The van der Waals surface area contributed by atoms with Crippen molar-refractivity contribution in [3.05, 3.63) is 23.9 Å². The molecular formula is C21H37IN6. The number of aliphatic imine (C=N–C) groups is 1. The average molecular weight is 500 g/mol. The van der Waals surface area contributed by atoms with Crippen LogP contribution >= 0.6 is 24.0 Å². The first kappa shape index (κ1) is 23.2. The van der Waals surface area contributed by atoms with Crippen LogP contribution in [0.4, 0.5) is 5.82 Å². The van der Waals surface area contributed by atoms with Crippen LogP contribution in [0.25, 0.3) is 0 Å². The Balaban J connectivity index is 0.00000280. The van der Waals surface area contributed by atoms with Gasteiger partial charge in [0.05, 0.1) is 0 Å². The van der Waals surface area contributed by atoms with Gasteiger partial charge in [0.25, 0.3) is 0 Å². The maximum Gasteiger partial charge on any atom is 0.191 e. The Morgan fingerprint density at radius 1 is 1.14 bits per heavy atom. The Morgan fingerprint density at radius 2 is 1.93 bits per heavy atom. The summed E-state index contributed by atoms with van der Waals surface area (Å²) in [6, 6.07) is 5.05. The first-order valence-electron chi connectivity index (χ1n) is 10.6. The third-order valence-corrected chi connectivity index (χ3v) is 5.78. The lowest BCUT2D eigenvalue weighted by Crippen LogP contribution is -2.41. The normalized spacial score (nSPS) is 20.7. The number of hydrogen-bond donors (Lipinski definition) is 2. The molecule has 6 nitrogen and oxygen atoms in total. The predicted molar refractivity (Wildman–Crippen MR) is 129 cm³/mol. The molecule has 0 spiro atoms. The number of guanidine groups is 1. The highest BCUT2D eigenvalue weighted by Crippen LogP contribution is 2.17. The number of likely N-dealkylation sites (tertiary alicyclic amines) is 1. The second kappa shape index (κ2) is 12.5.